The van der Waals surface area contributed by atoms with Gasteiger partial charge in [0.25, 0.3) is 0 Å². The van der Waals surface area contributed by atoms with Crippen LogP contribution in [0.1, 0.15) is 53.9 Å². The fourth-order valence-electron chi connectivity index (χ4n) is 2.91. The third-order valence-electron chi connectivity index (χ3n) is 4.00. The summed E-state index contributed by atoms with van der Waals surface area (Å²) >= 11 is 0. The lowest BCUT2D eigenvalue weighted by Gasteiger charge is -2.40. The van der Waals surface area contributed by atoms with Gasteiger partial charge >= 0.3 is 0 Å². The van der Waals surface area contributed by atoms with Gasteiger partial charge in [0.05, 0.1) is 6.10 Å². The van der Waals surface area contributed by atoms with E-state index in [-0.39, 0.29) is 11.5 Å². The molecule has 1 N–H and O–H groups in total. The lowest BCUT2D eigenvalue weighted by molar-refractivity contribution is 0.0983. The van der Waals surface area contributed by atoms with Crippen LogP contribution in [0.2, 0.25) is 0 Å². The summed E-state index contributed by atoms with van der Waals surface area (Å²) in [5, 5.41) is 9.77. The van der Waals surface area contributed by atoms with Gasteiger partial charge in [-0.2, -0.15) is 0 Å². The monoisotopic (exact) mass is 222 g/mol. The summed E-state index contributed by atoms with van der Waals surface area (Å²) in [6.07, 6.45) is 7.27. The molecule has 0 saturated carbocycles. The van der Waals surface area contributed by atoms with Gasteiger partial charge in [0.2, 0.25) is 0 Å². The molecule has 0 saturated heterocycles. The van der Waals surface area contributed by atoms with E-state index in [9.17, 15) is 5.11 Å². The summed E-state index contributed by atoms with van der Waals surface area (Å²) in [6.45, 7) is 11.0. The normalized spacial score (nSPS) is 30.1. The number of aliphatic hydroxyl groups is 1. The maximum absolute atomic E-state index is 9.77. The molecular formula is C15H26O. The van der Waals surface area contributed by atoms with E-state index >= 15 is 0 Å². The minimum absolute atomic E-state index is 0.228. The van der Waals surface area contributed by atoms with E-state index in [0.29, 0.717) is 5.92 Å². The molecule has 1 heteroatoms. The molecule has 1 rings (SSSR count). The third kappa shape index (κ3) is 3.21. The van der Waals surface area contributed by atoms with Gasteiger partial charge < -0.3 is 5.11 Å². The second kappa shape index (κ2) is 5.18. The number of aliphatic hydroxyl groups excluding tert-OH is 1. The van der Waals surface area contributed by atoms with Crippen LogP contribution in [0.15, 0.2) is 23.3 Å². The van der Waals surface area contributed by atoms with E-state index < -0.39 is 0 Å². The minimum Gasteiger partial charge on any atom is -0.389 e. The topological polar surface area (TPSA) is 20.2 Å². The first-order chi connectivity index (χ1) is 7.36. The summed E-state index contributed by atoms with van der Waals surface area (Å²) in [4.78, 5) is 0. The molecule has 0 bridgehead atoms. The molecule has 0 fully saturated rings. The summed E-state index contributed by atoms with van der Waals surface area (Å²) in [6, 6.07) is 0. The van der Waals surface area contributed by atoms with Crippen LogP contribution in [0.25, 0.3) is 0 Å². The molecule has 0 heterocycles. The SMILES string of the molecule is CC=C(C)CCC1C(C)=C[C@@H](O)CC1(C)C. The van der Waals surface area contributed by atoms with Crippen molar-refractivity contribution >= 4 is 0 Å². The lowest BCUT2D eigenvalue weighted by Crippen LogP contribution is -2.33. The predicted octanol–water partition coefficient (Wildman–Crippen LogP) is 4.09. The maximum Gasteiger partial charge on any atom is 0.0728 e. The van der Waals surface area contributed by atoms with Gasteiger partial charge in [0, 0.05) is 0 Å². The van der Waals surface area contributed by atoms with Crippen LogP contribution in [-0.4, -0.2) is 11.2 Å². The predicted molar refractivity (Wildman–Crippen MR) is 70.3 cm³/mol. The van der Waals surface area contributed by atoms with Crippen LogP contribution in [0, 0.1) is 11.3 Å². The number of rotatable bonds is 3. The Morgan fingerprint density at radius 2 is 2.19 bits per heavy atom. The molecule has 1 nitrogen and oxygen atoms in total. The fourth-order valence-corrected chi connectivity index (χ4v) is 2.91. The summed E-state index contributed by atoms with van der Waals surface area (Å²) in [7, 11) is 0. The molecule has 1 aliphatic carbocycles. The highest BCUT2D eigenvalue weighted by molar-refractivity contribution is 5.16. The third-order valence-corrected chi connectivity index (χ3v) is 4.00. The van der Waals surface area contributed by atoms with Crippen molar-refractivity contribution in [2.24, 2.45) is 11.3 Å². The van der Waals surface area contributed by atoms with Gasteiger partial charge in [0.1, 0.15) is 0 Å². The molecule has 92 valence electrons. The Labute approximate surface area is 100 Å². The lowest BCUT2D eigenvalue weighted by atomic mass is 9.66. The van der Waals surface area contributed by atoms with Crippen LogP contribution in [-0.2, 0) is 0 Å². The molecule has 1 aliphatic rings. The van der Waals surface area contributed by atoms with E-state index in [1.807, 2.05) is 6.08 Å². The molecule has 1 unspecified atom stereocenters. The van der Waals surface area contributed by atoms with E-state index in [2.05, 4.69) is 40.7 Å². The Kier molecular flexibility index (Phi) is 4.37. The first-order valence-corrected chi connectivity index (χ1v) is 6.35. The molecule has 0 amide bonds. The van der Waals surface area contributed by atoms with Gasteiger partial charge in [-0.05, 0) is 51.4 Å². The average Bonchev–Trinajstić information content (AvgIpc) is 2.14. The molecule has 0 spiro atoms. The molecule has 2 atom stereocenters. The van der Waals surface area contributed by atoms with E-state index in [1.165, 1.54) is 24.0 Å². The summed E-state index contributed by atoms with van der Waals surface area (Å²) in [5.41, 5.74) is 3.06. The van der Waals surface area contributed by atoms with Gasteiger partial charge in [-0.15, -0.1) is 0 Å². The van der Waals surface area contributed by atoms with Crippen molar-refractivity contribution in [3.8, 4) is 0 Å². The highest BCUT2D eigenvalue weighted by atomic mass is 16.3. The highest BCUT2D eigenvalue weighted by Crippen LogP contribution is 2.43. The Balaban J connectivity index is 2.73. The van der Waals surface area contributed by atoms with E-state index in [1.54, 1.807) is 0 Å². The smallest absolute Gasteiger partial charge is 0.0728 e. The Bertz CT molecular complexity index is 297. The Hall–Kier alpha value is -0.560. The summed E-state index contributed by atoms with van der Waals surface area (Å²) < 4.78 is 0. The minimum atomic E-state index is -0.242. The van der Waals surface area contributed by atoms with Crippen LogP contribution in [0.5, 0.6) is 0 Å². The van der Waals surface area contributed by atoms with E-state index in [4.69, 9.17) is 0 Å². The van der Waals surface area contributed by atoms with Crippen molar-refractivity contribution in [2.45, 2.75) is 60.0 Å². The van der Waals surface area contributed by atoms with Gasteiger partial charge in [-0.3, -0.25) is 0 Å². The summed E-state index contributed by atoms with van der Waals surface area (Å²) in [5.74, 6) is 0.616. The fraction of sp³-hybridized carbons (Fsp3) is 0.733. The van der Waals surface area contributed by atoms with Crippen molar-refractivity contribution in [1.29, 1.82) is 0 Å². The standard InChI is InChI=1S/C15H26O/c1-6-11(2)7-8-14-12(3)9-13(16)10-15(14,4)5/h6,9,13-14,16H,7-8,10H2,1-5H3/t13-,14?/m1/s1. The maximum atomic E-state index is 9.77. The number of hydrogen-bond acceptors (Lipinski definition) is 1. The Morgan fingerprint density at radius 3 is 2.69 bits per heavy atom. The van der Waals surface area contributed by atoms with Crippen molar-refractivity contribution in [1.82, 2.24) is 0 Å². The molecule has 0 aromatic carbocycles. The zero-order chi connectivity index (χ0) is 12.3. The quantitative estimate of drug-likeness (QED) is 0.713. The largest absolute Gasteiger partial charge is 0.389 e. The number of allylic oxidation sites excluding steroid dienone is 3. The van der Waals surface area contributed by atoms with Crippen molar-refractivity contribution in [3.63, 3.8) is 0 Å². The first-order valence-electron chi connectivity index (χ1n) is 6.35. The van der Waals surface area contributed by atoms with E-state index in [0.717, 1.165) is 6.42 Å². The van der Waals surface area contributed by atoms with Crippen LogP contribution in [0.3, 0.4) is 0 Å². The van der Waals surface area contributed by atoms with Gasteiger partial charge in [-0.1, -0.05) is 37.1 Å². The molecule has 0 aliphatic heterocycles. The second-order valence-electron chi connectivity index (χ2n) is 5.90. The highest BCUT2D eigenvalue weighted by Gasteiger charge is 2.35. The van der Waals surface area contributed by atoms with Crippen molar-refractivity contribution in [3.05, 3.63) is 23.3 Å². The average molecular weight is 222 g/mol. The molecular weight excluding hydrogens is 196 g/mol. The van der Waals surface area contributed by atoms with Crippen LogP contribution < -0.4 is 0 Å². The van der Waals surface area contributed by atoms with Crippen molar-refractivity contribution in [2.75, 3.05) is 0 Å². The van der Waals surface area contributed by atoms with Crippen molar-refractivity contribution < 1.29 is 5.11 Å². The van der Waals surface area contributed by atoms with Gasteiger partial charge in [0.15, 0.2) is 0 Å². The first kappa shape index (κ1) is 13.5. The molecule has 0 aromatic heterocycles. The molecule has 0 aromatic rings. The van der Waals surface area contributed by atoms with Crippen LogP contribution in [0.4, 0.5) is 0 Å². The molecule has 0 radical (unpaired) electrons. The Morgan fingerprint density at radius 1 is 1.56 bits per heavy atom. The zero-order valence-electron chi connectivity index (χ0n) is 11.4. The van der Waals surface area contributed by atoms with Crippen LogP contribution >= 0.6 is 0 Å². The molecule has 16 heavy (non-hydrogen) atoms. The second-order valence-corrected chi connectivity index (χ2v) is 5.90. The number of hydrogen-bond donors (Lipinski definition) is 1. The van der Waals surface area contributed by atoms with Gasteiger partial charge in [-0.25, -0.2) is 0 Å². The zero-order valence-corrected chi connectivity index (χ0v) is 11.4.